The average Bonchev–Trinajstić information content (AvgIpc) is 3.22. The smallest absolute Gasteiger partial charge is 0.191 e. The Kier molecular flexibility index (Phi) is 9.12. The lowest BCUT2D eigenvalue weighted by molar-refractivity contribution is 0.186. The fraction of sp³-hybridized carbons (Fsp3) is 0.947. The zero-order valence-corrected chi connectivity index (χ0v) is 19.8. The third-order valence-corrected chi connectivity index (χ3v) is 8.19. The van der Waals surface area contributed by atoms with Gasteiger partial charge in [0.25, 0.3) is 0 Å². The number of ether oxygens (including phenoxy) is 1. The molecule has 2 saturated heterocycles. The lowest BCUT2D eigenvalue weighted by Crippen LogP contribution is -2.47. The summed E-state index contributed by atoms with van der Waals surface area (Å²) in [6.45, 7) is 7.81. The highest BCUT2D eigenvalue weighted by Gasteiger charge is 2.28. The molecule has 0 bridgehead atoms. The van der Waals surface area contributed by atoms with Crippen LogP contribution in [0, 0.1) is 23.7 Å². The highest BCUT2D eigenvalue weighted by molar-refractivity contribution is 14.0. The molecule has 8 heteroatoms. The van der Waals surface area contributed by atoms with Crippen molar-refractivity contribution in [1.82, 2.24) is 10.6 Å². The lowest BCUT2D eigenvalue weighted by Gasteiger charge is -2.33. The van der Waals surface area contributed by atoms with E-state index in [1.54, 1.807) is 0 Å². The summed E-state index contributed by atoms with van der Waals surface area (Å²) < 4.78 is 28.8. The van der Waals surface area contributed by atoms with Gasteiger partial charge in [0.2, 0.25) is 0 Å². The van der Waals surface area contributed by atoms with Crippen LogP contribution in [0.1, 0.15) is 46.0 Å². The summed E-state index contributed by atoms with van der Waals surface area (Å²) >= 11 is 0. The Morgan fingerprint density at radius 3 is 2.56 bits per heavy atom. The highest BCUT2D eigenvalue weighted by Crippen LogP contribution is 2.29. The molecule has 5 atom stereocenters. The predicted molar refractivity (Wildman–Crippen MR) is 121 cm³/mol. The molecule has 0 amide bonds. The van der Waals surface area contributed by atoms with Crippen LogP contribution in [0.4, 0.5) is 0 Å². The van der Waals surface area contributed by atoms with E-state index in [-0.39, 0.29) is 35.6 Å². The molecule has 0 aromatic carbocycles. The molecule has 2 heterocycles. The van der Waals surface area contributed by atoms with Crippen molar-refractivity contribution in [3.8, 4) is 0 Å². The molecule has 6 nitrogen and oxygen atoms in total. The molecule has 0 aromatic rings. The normalized spacial score (nSPS) is 36.2. The van der Waals surface area contributed by atoms with Crippen molar-refractivity contribution in [3.05, 3.63) is 0 Å². The van der Waals surface area contributed by atoms with E-state index in [0.717, 1.165) is 50.4 Å². The molecule has 0 spiro atoms. The van der Waals surface area contributed by atoms with Crippen LogP contribution < -0.4 is 10.6 Å². The van der Waals surface area contributed by atoms with Crippen LogP contribution in [0.2, 0.25) is 0 Å². The quantitative estimate of drug-likeness (QED) is 0.336. The highest BCUT2D eigenvalue weighted by atomic mass is 127. The Hall–Kier alpha value is -0.0900. The molecular weight excluding hydrogens is 477 g/mol. The number of nitrogens with zero attached hydrogens (tertiary/aromatic N) is 1. The first-order valence-corrected chi connectivity index (χ1v) is 12.1. The van der Waals surface area contributed by atoms with Crippen molar-refractivity contribution in [1.29, 1.82) is 0 Å². The summed E-state index contributed by atoms with van der Waals surface area (Å²) in [6, 6.07) is 0.458. The van der Waals surface area contributed by atoms with Crippen LogP contribution in [-0.4, -0.2) is 58.2 Å². The molecule has 3 fully saturated rings. The Balaban J connectivity index is 0.00000261. The average molecular weight is 513 g/mol. The minimum Gasteiger partial charge on any atom is -0.381 e. The first kappa shape index (κ1) is 23.2. The van der Waals surface area contributed by atoms with Crippen molar-refractivity contribution in [2.75, 3.05) is 37.8 Å². The van der Waals surface area contributed by atoms with Gasteiger partial charge >= 0.3 is 0 Å². The molecule has 3 rings (SSSR count). The van der Waals surface area contributed by atoms with Crippen LogP contribution in [-0.2, 0) is 14.6 Å². The second-order valence-corrected chi connectivity index (χ2v) is 10.9. The van der Waals surface area contributed by atoms with Crippen LogP contribution in [0.15, 0.2) is 4.99 Å². The lowest BCUT2D eigenvalue weighted by atomic mass is 9.79. The standard InChI is InChI=1S/C19H35N3O3S.HI/c1-14-3-4-18(9-15(14)2)22-19(20-10-16-5-7-25-12-16)21-11-17-6-8-26(23,24)13-17;/h14-18H,3-13H2,1-2H3,(H2,20,21,22);1H. The number of aliphatic imine (C=N–C) groups is 1. The SMILES string of the molecule is CC1CCC(NC(=NCC2CCS(=O)(=O)C2)NCC2CCOC2)CC1C.I. The third-order valence-electron chi connectivity index (χ3n) is 6.36. The maximum atomic E-state index is 11.7. The van der Waals surface area contributed by atoms with E-state index in [1.807, 2.05) is 0 Å². The Morgan fingerprint density at radius 2 is 1.93 bits per heavy atom. The van der Waals surface area contributed by atoms with Gasteiger partial charge in [-0.1, -0.05) is 13.8 Å². The van der Waals surface area contributed by atoms with Crippen LogP contribution in [0.25, 0.3) is 0 Å². The molecule has 27 heavy (non-hydrogen) atoms. The van der Waals surface area contributed by atoms with Gasteiger partial charge in [0.1, 0.15) is 0 Å². The molecule has 1 aliphatic carbocycles. The van der Waals surface area contributed by atoms with Gasteiger partial charge < -0.3 is 15.4 Å². The molecule has 0 radical (unpaired) electrons. The maximum absolute atomic E-state index is 11.7. The molecule has 1 saturated carbocycles. The molecule has 3 aliphatic rings. The summed E-state index contributed by atoms with van der Waals surface area (Å²) in [5.74, 6) is 3.69. The van der Waals surface area contributed by atoms with E-state index in [9.17, 15) is 8.42 Å². The Bertz CT molecular complexity index is 593. The van der Waals surface area contributed by atoms with Gasteiger partial charge in [-0.05, 0) is 49.9 Å². The molecule has 158 valence electrons. The summed E-state index contributed by atoms with van der Waals surface area (Å²) in [5, 5.41) is 7.11. The predicted octanol–water partition coefficient (Wildman–Crippen LogP) is 2.44. The van der Waals surface area contributed by atoms with Gasteiger partial charge in [-0.3, -0.25) is 4.99 Å². The molecule has 2 N–H and O–H groups in total. The fourth-order valence-electron chi connectivity index (χ4n) is 4.25. The third kappa shape index (κ3) is 7.34. The van der Waals surface area contributed by atoms with Crippen LogP contribution in [0.5, 0.6) is 0 Å². The summed E-state index contributed by atoms with van der Waals surface area (Å²) in [7, 11) is -2.84. The van der Waals surface area contributed by atoms with Gasteiger partial charge in [0.15, 0.2) is 15.8 Å². The minimum atomic E-state index is -2.84. The first-order chi connectivity index (χ1) is 12.4. The Labute approximate surface area is 181 Å². The molecular formula is C19H36IN3O3S. The van der Waals surface area contributed by atoms with Crippen LogP contribution in [0.3, 0.4) is 0 Å². The van der Waals surface area contributed by atoms with Crippen molar-refractivity contribution in [3.63, 3.8) is 0 Å². The number of rotatable bonds is 5. The molecule has 2 aliphatic heterocycles. The van der Waals surface area contributed by atoms with E-state index in [1.165, 1.54) is 19.3 Å². The minimum absolute atomic E-state index is 0. The number of guanidine groups is 1. The zero-order chi connectivity index (χ0) is 18.6. The largest absolute Gasteiger partial charge is 0.381 e. The monoisotopic (exact) mass is 513 g/mol. The van der Waals surface area contributed by atoms with Gasteiger partial charge in [-0.25, -0.2) is 8.42 Å². The number of halogens is 1. The van der Waals surface area contributed by atoms with E-state index in [0.29, 0.717) is 24.3 Å². The van der Waals surface area contributed by atoms with Crippen molar-refractivity contribution < 1.29 is 13.2 Å². The van der Waals surface area contributed by atoms with Gasteiger partial charge in [-0.15, -0.1) is 24.0 Å². The van der Waals surface area contributed by atoms with Gasteiger partial charge in [0, 0.05) is 31.7 Å². The van der Waals surface area contributed by atoms with Crippen molar-refractivity contribution in [2.45, 2.75) is 52.0 Å². The number of sulfone groups is 1. The van der Waals surface area contributed by atoms with Crippen LogP contribution >= 0.6 is 24.0 Å². The van der Waals surface area contributed by atoms with Gasteiger partial charge in [0.05, 0.1) is 18.1 Å². The first-order valence-electron chi connectivity index (χ1n) is 10.2. The fourth-order valence-corrected chi connectivity index (χ4v) is 6.10. The number of hydrogen-bond donors (Lipinski definition) is 2. The van der Waals surface area contributed by atoms with E-state index >= 15 is 0 Å². The summed E-state index contributed by atoms with van der Waals surface area (Å²) in [4.78, 5) is 4.76. The van der Waals surface area contributed by atoms with E-state index in [2.05, 4.69) is 24.5 Å². The topological polar surface area (TPSA) is 79.8 Å². The van der Waals surface area contributed by atoms with Gasteiger partial charge in [-0.2, -0.15) is 0 Å². The summed E-state index contributed by atoms with van der Waals surface area (Å²) in [5.41, 5.74) is 0. The van der Waals surface area contributed by atoms with E-state index in [4.69, 9.17) is 9.73 Å². The van der Waals surface area contributed by atoms with Crippen molar-refractivity contribution in [2.24, 2.45) is 28.7 Å². The summed E-state index contributed by atoms with van der Waals surface area (Å²) in [6.07, 6.45) is 5.44. The number of nitrogens with one attached hydrogen (secondary N) is 2. The number of hydrogen-bond acceptors (Lipinski definition) is 4. The second kappa shape index (κ2) is 10.6. The Morgan fingerprint density at radius 1 is 1.11 bits per heavy atom. The second-order valence-electron chi connectivity index (χ2n) is 8.68. The molecule has 5 unspecified atom stereocenters. The zero-order valence-electron chi connectivity index (χ0n) is 16.7. The van der Waals surface area contributed by atoms with Crippen molar-refractivity contribution >= 4 is 39.8 Å². The maximum Gasteiger partial charge on any atom is 0.191 e. The van der Waals surface area contributed by atoms with E-state index < -0.39 is 9.84 Å². The molecule has 0 aromatic heterocycles.